The van der Waals surface area contributed by atoms with E-state index < -0.39 is 5.60 Å². The van der Waals surface area contributed by atoms with Crippen LogP contribution in [0, 0.1) is 0 Å². The molecule has 162 valence electrons. The fraction of sp³-hybridized carbons (Fsp3) is 0.321. The lowest BCUT2D eigenvalue weighted by Crippen LogP contribution is -2.52. The van der Waals surface area contributed by atoms with Gasteiger partial charge in [-0.15, -0.1) is 0 Å². The van der Waals surface area contributed by atoms with E-state index in [0.717, 1.165) is 18.4 Å². The van der Waals surface area contributed by atoms with Gasteiger partial charge in [0.15, 0.2) is 0 Å². The summed E-state index contributed by atoms with van der Waals surface area (Å²) < 4.78 is 5.94. The number of ether oxygens (including phenoxy) is 1. The van der Waals surface area contributed by atoms with E-state index in [0.29, 0.717) is 19.4 Å². The number of rotatable bonds is 3. The van der Waals surface area contributed by atoms with Gasteiger partial charge in [0.25, 0.3) is 0 Å². The van der Waals surface area contributed by atoms with Crippen LogP contribution in [-0.2, 0) is 10.3 Å². The molecule has 3 aromatic rings. The van der Waals surface area contributed by atoms with Gasteiger partial charge in [-0.2, -0.15) is 0 Å². The van der Waals surface area contributed by atoms with Gasteiger partial charge < -0.3 is 14.7 Å². The molecule has 2 bridgehead atoms. The molecule has 6 rings (SSSR count). The Morgan fingerprint density at radius 3 is 1.97 bits per heavy atom. The Morgan fingerprint density at radius 2 is 1.38 bits per heavy atom. The van der Waals surface area contributed by atoms with E-state index in [1.54, 1.807) is 0 Å². The number of carbonyl (C=O) groups is 1. The van der Waals surface area contributed by atoms with Crippen LogP contribution in [0.4, 0.5) is 4.79 Å². The SMILES string of the molecule is O=C(OCC1c2ccccc2-c2ccccc21)N1C2CCC1CC(O)(c1ccccc1)C2. The van der Waals surface area contributed by atoms with Crippen LogP contribution in [0.15, 0.2) is 78.9 Å². The van der Waals surface area contributed by atoms with Gasteiger partial charge in [0.1, 0.15) is 6.61 Å². The van der Waals surface area contributed by atoms with Crippen LogP contribution in [0.3, 0.4) is 0 Å². The minimum Gasteiger partial charge on any atom is -0.448 e. The van der Waals surface area contributed by atoms with E-state index >= 15 is 0 Å². The molecule has 2 aliphatic heterocycles. The van der Waals surface area contributed by atoms with Crippen molar-refractivity contribution in [2.75, 3.05) is 6.61 Å². The Morgan fingerprint density at radius 1 is 0.844 bits per heavy atom. The lowest BCUT2D eigenvalue weighted by Gasteiger charge is -2.43. The number of amides is 1. The molecule has 2 saturated heterocycles. The predicted molar refractivity (Wildman–Crippen MR) is 123 cm³/mol. The number of hydrogen-bond donors (Lipinski definition) is 1. The summed E-state index contributed by atoms with van der Waals surface area (Å²) >= 11 is 0. The van der Waals surface area contributed by atoms with Crippen molar-refractivity contribution >= 4 is 6.09 Å². The molecule has 2 unspecified atom stereocenters. The average Bonchev–Trinajstić information content (AvgIpc) is 3.30. The minimum absolute atomic E-state index is 0.0228. The lowest BCUT2D eigenvalue weighted by atomic mass is 9.81. The smallest absolute Gasteiger partial charge is 0.410 e. The van der Waals surface area contributed by atoms with Crippen LogP contribution in [-0.4, -0.2) is 34.8 Å². The molecule has 0 radical (unpaired) electrons. The van der Waals surface area contributed by atoms with Gasteiger partial charge in [-0.25, -0.2) is 4.79 Å². The first kappa shape index (κ1) is 19.6. The zero-order valence-electron chi connectivity index (χ0n) is 18.0. The third kappa shape index (κ3) is 3.05. The number of piperidine rings is 1. The molecular formula is C28H27NO3. The monoisotopic (exact) mass is 425 g/mol. The standard InChI is InChI=1S/C28H27NO3/c30-27(29-20-14-15-21(29)17-28(31,16-20)19-8-2-1-3-9-19)32-18-26-24-12-6-4-10-22(24)23-11-5-7-13-25(23)26/h1-13,20-21,26,31H,14-18H2. The second-order valence-corrected chi connectivity index (χ2v) is 9.40. The van der Waals surface area contributed by atoms with Gasteiger partial charge in [0.05, 0.1) is 5.60 Å². The molecule has 2 atom stereocenters. The van der Waals surface area contributed by atoms with Gasteiger partial charge in [0, 0.05) is 30.8 Å². The molecule has 32 heavy (non-hydrogen) atoms. The van der Waals surface area contributed by atoms with Gasteiger partial charge in [-0.05, 0) is 40.7 Å². The summed E-state index contributed by atoms with van der Waals surface area (Å²) in [6.45, 7) is 0.339. The molecule has 1 amide bonds. The molecule has 3 aromatic carbocycles. The fourth-order valence-corrected chi connectivity index (χ4v) is 6.18. The number of aliphatic hydroxyl groups is 1. The van der Waals surface area contributed by atoms with Crippen LogP contribution in [0.1, 0.15) is 48.3 Å². The van der Waals surface area contributed by atoms with Crippen LogP contribution in [0.25, 0.3) is 11.1 Å². The second-order valence-electron chi connectivity index (χ2n) is 9.40. The second kappa shape index (κ2) is 7.49. The number of nitrogens with zero attached hydrogens (tertiary/aromatic N) is 1. The molecule has 0 aromatic heterocycles. The highest BCUT2D eigenvalue weighted by atomic mass is 16.6. The van der Waals surface area contributed by atoms with Gasteiger partial charge in [-0.3, -0.25) is 0 Å². The predicted octanol–water partition coefficient (Wildman–Crippen LogP) is 5.45. The topological polar surface area (TPSA) is 49.8 Å². The molecule has 4 heteroatoms. The van der Waals surface area contributed by atoms with E-state index in [1.807, 2.05) is 35.2 Å². The molecular weight excluding hydrogens is 398 g/mol. The van der Waals surface area contributed by atoms with Crippen molar-refractivity contribution in [1.29, 1.82) is 0 Å². The molecule has 4 nitrogen and oxygen atoms in total. The summed E-state index contributed by atoms with van der Waals surface area (Å²) in [5, 5.41) is 11.4. The average molecular weight is 426 g/mol. The highest BCUT2D eigenvalue weighted by molar-refractivity contribution is 5.79. The zero-order chi connectivity index (χ0) is 21.7. The van der Waals surface area contributed by atoms with Crippen molar-refractivity contribution < 1.29 is 14.6 Å². The Hall–Kier alpha value is -3.11. The number of carbonyl (C=O) groups excluding carboxylic acids is 1. The van der Waals surface area contributed by atoms with Crippen molar-refractivity contribution in [3.05, 3.63) is 95.6 Å². The van der Waals surface area contributed by atoms with E-state index in [1.165, 1.54) is 22.3 Å². The van der Waals surface area contributed by atoms with E-state index in [4.69, 9.17) is 4.74 Å². The summed E-state index contributed by atoms with van der Waals surface area (Å²) in [5.74, 6) is 0.0649. The zero-order valence-corrected chi connectivity index (χ0v) is 18.0. The van der Waals surface area contributed by atoms with Crippen molar-refractivity contribution in [1.82, 2.24) is 4.90 Å². The largest absolute Gasteiger partial charge is 0.448 e. The van der Waals surface area contributed by atoms with Crippen LogP contribution >= 0.6 is 0 Å². The van der Waals surface area contributed by atoms with E-state index in [2.05, 4.69) is 48.5 Å². The first-order valence-corrected chi connectivity index (χ1v) is 11.6. The molecule has 0 saturated carbocycles. The maximum Gasteiger partial charge on any atom is 0.410 e. The minimum atomic E-state index is -0.868. The van der Waals surface area contributed by atoms with Gasteiger partial charge in [-0.1, -0.05) is 78.9 Å². The first-order valence-electron chi connectivity index (χ1n) is 11.6. The van der Waals surface area contributed by atoms with Crippen molar-refractivity contribution in [2.24, 2.45) is 0 Å². The Balaban J connectivity index is 1.19. The fourth-order valence-electron chi connectivity index (χ4n) is 6.18. The summed E-state index contributed by atoms with van der Waals surface area (Å²) in [6, 6.07) is 26.7. The third-order valence-corrected chi connectivity index (χ3v) is 7.62. The maximum atomic E-state index is 13.2. The molecule has 1 N–H and O–H groups in total. The Bertz CT molecular complexity index is 1100. The van der Waals surface area contributed by atoms with Crippen LogP contribution in [0.5, 0.6) is 0 Å². The quantitative estimate of drug-likeness (QED) is 0.607. The summed E-state index contributed by atoms with van der Waals surface area (Å²) in [7, 11) is 0. The third-order valence-electron chi connectivity index (χ3n) is 7.62. The number of fused-ring (bicyclic) bond motifs is 5. The molecule has 0 spiro atoms. The van der Waals surface area contributed by atoms with Crippen molar-refractivity contribution in [3.8, 4) is 11.1 Å². The van der Waals surface area contributed by atoms with E-state index in [9.17, 15) is 9.90 Å². The first-order chi connectivity index (χ1) is 15.6. The Labute approximate surface area is 188 Å². The van der Waals surface area contributed by atoms with E-state index in [-0.39, 0.29) is 24.1 Å². The summed E-state index contributed by atoms with van der Waals surface area (Å²) in [6.07, 6.45) is 2.73. The lowest BCUT2D eigenvalue weighted by molar-refractivity contribution is -0.0531. The van der Waals surface area contributed by atoms with Crippen LogP contribution in [0.2, 0.25) is 0 Å². The van der Waals surface area contributed by atoms with Crippen molar-refractivity contribution in [2.45, 2.75) is 49.3 Å². The number of hydrogen-bond acceptors (Lipinski definition) is 3. The van der Waals surface area contributed by atoms with Crippen molar-refractivity contribution in [3.63, 3.8) is 0 Å². The van der Waals surface area contributed by atoms with Gasteiger partial charge >= 0.3 is 6.09 Å². The molecule has 1 aliphatic carbocycles. The highest BCUT2D eigenvalue weighted by Crippen LogP contribution is 2.47. The molecule has 2 heterocycles. The Kier molecular flexibility index (Phi) is 4.58. The molecule has 2 fully saturated rings. The summed E-state index contributed by atoms with van der Waals surface area (Å²) in [5.41, 5.74) is 4.99. The highest BCUT2D eigenvalue weighted by Gasteiger charge is 2.50. The summed E-state index contributed by atoms with van der Waals surface area (Å²) in [4.78, 5) is 15.1. The maximum absolute atomic E-state index is 13.2. The molecule has 3 aliphatic rings. The number of benzene rings is 3. The van der Waals surface area contributed by atoms with Gasteiger partial charge in [0.2, 0.25) is 0 Å². The van der Waals surface area contributed by atoms with Crippen LogP contribution < -0.4 is 0 Å². The normalized spacial score (nSPS) is 26.0.